The maximum absolute atomic E-state index is 11.7. The van der Waals surface area contributed by atoms with E-state index in [4.69, 9.17) is 4.42 Å². The number of hydrogen-bond acceptors (Lipinski definition) is 6. The highest BCUT2D eigenvalue weighted by atomic mass is 32.1. The standard InChI is InChI=1S/C21H16N2O3S/c1-12-20(13(2)24)27-21(22-12)23-17-11-19(14-6-4-3-5-7-14)26-18-9-8-15(25)10-16(17)18/h3-11,25H,1-2H3/b23-17+. The third-order valence-corrected chi connectivity index (χ3v) is 5.26. The Morgan fingerprint density at radius 3 is 2.63 bits per heavy atom. The van der Waals surface area contributed by atoms with Gasteiger partial charge in [0.05, 0.1) is 15.9 Å². The molecule has 2 heterocycles. The van der Waals surface area contributed by atoms with Crippen molar-refractivity contribution >= 4 is 33.2 Å². The minimum atomic E-state index is -0.0259. The molecular formula is C21H16N2O3S. The van der Waals surface area contributed by atoms with Gasteiger partial charge >= 0.3 is 0 Å². The van der Waals surface area contributed by atoms with Crippen molar-refractivity contribution in [3.05, 3.63) is 70.5 Å². The smallest absolute Gasteiger partial charge is 0.210 e. The minimum absolute atomic E-state index is 0.0259. The number of carbonyl (C=O) groups excluding carboxylic acids is 1. The lowest BCUT2D eigenvalue weighted by molar-refractivity contribution is 0.102. The van der Waals surface area contributed by atoms with Crippen molar-refractivity contribution in [3.8, 4) is 17.1 Å². The second-order valence-electron chi connectivity index (χ2n) is 6.12. The molecule has 2 aromatic heterocycles. The first-order chi connectivity index (χ1) is 13.0. The van der Waals surface area contributed by atoms with E-state index in [2.05, 4.69) is 9.98 Å². The van der Waals surface area contributed by atoms with Crippen LogP contribution in [0.5, 0.6) is 5.75 Å². The quantitative estimate of drug-likeness (QED) is 0.510. The Morgan fingerprint density at radius 2 is 1.93 bits per heavy atom. The monoisotopic (exact) mass is 376 g/mol. The van der Waals surface area contributed by atoms with Crippen molar-refractivity contribution in [2.75, 3.05) is 0 Å². The Labute approximate surface area is 159 Å². The van der Waals surface area contributed by atoms with Gasteiger partial charge in [0.15, 0.2) is 5.78 Å². The molecule has 0 saturated carbocycles. The summed E-state index contributed by atoms with van der Waals surface area (Å²) in [5.41, 5.74) is 2.19. The summed E-state index contributed by atoms with van der Waals surface area (Å²) in [4.78, 5) is 21.4. The van der Waals surface area contributed by atoms with Crippen molar-refractivity contribution in [2.24, 2.45) is 4.99 Å². The Balaban J connectivity index is 1.99. The molecule has 6 heteroatoms. The molecule has 5 nitrogen and oxygen atoms in total. The summed E-state index contributed by atoms with van der Waals surface area (Å²) >= 11 is 1.26. The third kappa shape index (κ3) is 3.39. The summed E-state index contributed by atoms with van der Waals surface area (Å²) in [5.74, 6) is 0.760. The second-order valence-corrected chi connectivity index (χ2v) is 7.10. The van der Waals surface area contributed by atoms with E-state index in [0.29, 0.717) is 37.8 Å². The number of aromatic nitrogens is 1. The maximum atomic E-state index is 11.7. The molecule has 1 N–H and O–H groups in total. The topological polar surface area (TPSA) is 75.7 Å². The Bertz CT molecular complexity index is 1220. The zero-order valence-electron chi connectivity index (χ0n) is 14.8. The average Bonchev–Trinajstić information content (AvgIpc) is 3.03. The summed E-state index contributed by atoms with van der Waals surface area (Å²) in [6, 6.07) is 16.4. The predicted octanol–water partition coefficient (Wildman–Crippen LogP) is 5.01. The molecule has 0 unspecified atom stereocenters. The van der Waals surface area contributed by atoms with E-state index < -0.39 is 0 Å². The number of Topliss-reactive ketones (excluding diaryl/α,β-unsaturated/α-hetero) is 1. The van der Waals surface area contributed by atoms with Gasteiger partial charge in [-0.1, -0.05) is 41.7 Å². The Morgan fingerprint density at radius 1 is 1.15 bits per heavy atom. The molecule has 0 atom stereocenters. The van der Waals surface area contributed by atoms with Crippen LogP contribution in [-0.4, -0.2) is 15.9 Å². The summed E-state index contributed by atoms with van der Waals surface area (Å²) in [6.45, 7) is 3.32. The number of benzene rings is 2. The molecule has 0 saturated heterocycles. The average molecular weight is 376 g/mol. The molecule has 0 radical (unpaired) electrons. The fraction of sp³-hybridized carbons (Fsp3) is 0.0952. The van der Waals surface area contributed by atoms with Gasteiger partial charge in [-0.25, -0.2) is 9.98 Å². The second kappa shape index (κ2) is 6.81. The fourth-order valence-electron chi connectivity index (χ4n) is 2.85. The molecule has 0 bridgehead atoms. The van der Waals surface area contributed by atoms with Crippen LogP contribution >= 0.6 is 11.3 Å². The van der Waals surface area contributed by atoms with Gasteiger partial charge in [0.1, 0.15) is 17.1 Å². The van der Waals surface area contributed by atoms with Gasteiger partial charge in [0.25, 0.3) is 0 Å². The first-order valence-electron chi connectivity index (χ1n) is 8.36. The molecule has 0 spiro atoms. The van der Waals surface area contributed by atoms with Crippen LogP contribution in [0.2, 0.25) is 0 Å². The van der Waals surface area contributed by atoms with Crippen molar-refractivity contribution < 1.29 is 14.3 Å². The zero-order valence-corrected chi connectivity index (χ0v) is 15.6. The zero-order chi connectivity index (χ0) is 19.0. The molecule has 0 aliphatic rings. The number of rotatable bonds is 3. The molecular weight excluding hydrogens is 360 g/mol. The minimum Gasteiger partial charge on any atom is -0.508 e. The number of phenols is 1. The summed E-state index contributed by atoms with van der Waals surface area (Å²) in [6.07, 6.45) is 0. The maximum Gasteiger partial charge on any atom is 0.210 e. The number of fused-ring (bicyclic) bond motifs is 1. The van der Waals surface area contributed by atoms with Gasteiger partial charge in [0, 0.05) is 23.9 Å². The van der Waals surface area contributed by atoms with E-state index in [1.54, 1.807) is 25.1 Å². The summed E-state index contributed by atoms with van der Waals surface area (Å²) in [7, 11) is 0. The number of aryl methyl sites for hydroxylation is 1. The highest BCUT2D eigenvalue weighted by molar-refractivity contribution is 7.17. The van der Waals surface area contributed by atoms with Gasteiger partial charge in [-0.3, -0.25) is 4.79 Å². The highest BCUT2D eigenvalue weighted by Crippen LogP contribution is 2.27. The van der Waals surface area contributed by atoms with Gasteiger partial charge < -0.3 is 9.52 Å². The Kier molecular flexibility index (Phi) is 4.33. The lowest BCUT2D eigenvalue weighted by atomic mass is 10.1. The van der Waals surface area contributed by atoms with Crippen LogP contribution in [0.4, 0.5) is 5.13 Å². The van der Waals surface area contributed by atoms with Crippen LogP contribution in [0.15, 0.2) is 64.0 Å². The van der Waals surface area contributed by atoms with Crippen molar-refractivity contribution in [1.82, 2.24) is 4.98 Å². The molecule has 0 aliphatic heterocycles. The van der Waals surface area contributed by atoms with Gasteiger partial charge in [-0.15, -0.1) is 0 Å². The molecule has 4 rings (SSSR count). The first kappa shape index (κ1) is 17.2. The molecule has 0 amide bonds. The Hall–Kier alpha value is -3.25. The van der Waals surface area contributed by atoms with Crippen LogP contribution < -0.4 is 5.36 Å². The number of nitrogens with zero attached hydrogens (tertiary/aromatic N) is 2. The molecule has 4 aromatic rings. The molecule has 2 aromatic carbocycles. The number of hydrogen-bond donors (Lipinski definition) is 1. The molecule has 27 heavy (non-hydrogen) atoms. The number of phenolic OH excluding ortho intramolecular Hbond substituents is 1. The van der Waals surface area contributed by atoms with E-state index in [9.17, 15) is 9.90 Å². The van der Waals surface area contributed by atoms with Crippen molar-refractivity contribution in [2.45, 2.75) is 13.8 Å². The van der Waals surface area contributed by atoms with E-state index in [-0.39, 0.29) is 11.5 Å². The summed E-state index contributed by atoms with van der Waals surface area (Å²) in [5, 5.41) is 11.7. The van der Waals surface area contributed by atoms with Crippen LogP contribution in [0.3, 0.4) is 0 Å². The van der Waals surface area contributed by atoms with Crippen LogP contribution in [0.25, 0.3) is 22.3 Å². The van der Waals surface area contributed by atoms with E-state index >= 15 is 0 Å². The SMILES string of the molecule is CC(=O)c1sc(/N=c2\cc(-c3ccccc3)oc3ccc(O)cc23)nc1C. The fourth-order valence-corrected chi connectivity index (χ4v) is 3.70. The van der Waals surface area contributed by atoms with Crippen molar-refractivity contribution in [1.29, 1.82) is 0 Å². The number of ketones is 1. The van der Waals surface area contributed by atoms with Gasteiger partial charge in [-0.2, -0.15) is 0 Å². The largest absolute Gasteiger partial charge is 0.508 e. The molecule has 134 valence electrons. The van der Waals surface area contributed by atoms with Crippen molar-refractivity contribution in [3.63, 3.8) is 0 Å². The van der Waals surface area contributed by atoms with E-state index in [1.807, 2.05) is 36.4 Å². The highest BCUT2D eigenvalue weighted by Gasteiger charge is 2.12. The van der Waals surface area contributed by atoms with Gasteiger partial charge in [-0.05, 0) is 25.1 Å². The van der Waals surface area contributed by atoms with Crippen LogP contribution in [-0.2, 0) is 0 Å². The van der Waals surface area contributed by atoms with E-state index in [1.165, 1.54) is 18.3 Å². The lowest BCUT2D eigenvalue weighted by Gasteiger charge is -2.05. The number of carbonyl (C=O) groups is 1. The molecule has 0 aliphatic carbocycles. The lowest BCUT2D eigenvalue weighted by Crippen LogP contribution is -2.03. The number of aromatic hydroxyl groups is 1. The number of thiazole rings is 1. The van der Waals surface area contributed by atoms with Gasteiger partial charge in [0.2, 0.25) is 5.13 Å². The van der Waals surface area contributed by atoms with E-state index in [0.717, 1.165) is 5.56 Å². The van der Waals surface area contributed by atoms with Crippen LogP contribution in [0, 0.1) is 6.92 Å². The predicted molar refractivity (Wildman–Crippen MR) is 105 cm³/mol. The normalized spacial score (nSPS) is 11.9. The first-order valence-corrected chi connectivity index (χ1v) is 9.18. The third-order valence-electron chi connectivity index (χ3n) is 4.11. The molecule has 0 fully saturated rings. The summed E-state index contributed by atoms with van der Waals surface area (Å²) < 4.78 is 6.01. The van der Waals surface area contributed by atoms with Crippen LogP contribution in [0.1, 0.15) is 22.3 Å².